The average Bonchev–Trinajstić information content (AvgIpc) is 2.90. The van der Waals surface area contributed by atoms with Gasteiger partial charge < -0.3 is 19.3 Å². The van der Waals surface area contributed by atoms with Crippen LogP contribution in [-0.4, -0.2) is 54.2 Å². The minimum atomic E-state index is -1.67. The van der Waals surface area contributed by atoms with Crippen LogP contribution in [0.2, 0.25) is 0 Å². The molecule has 1 N–H and O–H groups in total. The van der Waals surface area contributed by atoms with Crippen LogP contribution < -0.4 is 0 Å². The van der Waals surface area contributed by atoms with Crippen LogP contribution >= 0.6 is 0 Å². The molecule has 0 radical (unpaired) electrons. The highest BCUT2D eigenvalue weighted by Gasteiger charge is 2.38. The maximum atomic E-state index is 12.7. The first-order valence-corrected chi connectivity index (χ1v) is 10.4. The molecule has 0 aliphatic carbocycles. The summed E-state index contributed by atoms with van der Waals surface area (Å²) in [5.41, 5.74) is 0.486. The number of benzene rings is 3. The molecule has 3 atom stereocenters. The third-order valence-corrected chi connectivity index (χ3v) is 4.78. The number of ether oxygens (including phenoxy) is 3. The Morgan fingerprint density at radius 3 is 1.41 bits per heavy atom. The number of rotatable bonds is 10. The number of aliphatic hydroxyl groups excluding tert-OH is 1. The molecule has 8 heteroatoms. The van der Waals surface area contributed by atoms with Gasteiger partial charge in [0.2, 0.25) is 0 Å². The topological polar surface area (TPSA) is 116 Å². The Kier molecular flexibility index (Phi) is 8.65. The number of aldehydes is 1. The van der Waals surface area contributed by atoms with E-state index >= 15 is 0 Å². The van der Waals surface area contributed by atoms with Crippen LogP contribution in [0.15, 0.2) is 91.0 Å². The summed E-state index contributed by atoms with van der Waals surface area (Å²) in [5.74, 6) is -2.54. The summed E-state index contributed by atoms with van der Waals surface area (Å²) >= 11 is 0. The van der Waals surface area contributed by atoms with Crippen LogP contribution in [-0.2, 0) is 19.0 Å². The Balaban J connectivity index is 1.87. The van der Waals surface area contributed by atoms with Gasteiger partial charge in [-0.25, -0.2) is 14.4 Å². The Labute approximate surface area is 195 Å². The van der Waals surface area contributed by atoms with Gasteiger partial charge in [0, 0.05) is 0 Å². The summed E-state index contributed by atoms with van der Waals surface area (Å²) in [6.45, 7) is -0.807. The van der Waals surface area contributed by atoms with Gasteiger partial charge in [0.15, 0.2) is 24.6 Å². The van der Waals surface area contributed by atoms with Crippen molar-refractivity contribution < 1.29 is 38.5 Å². The lowest BCUT2D eigenvalue weighted by Crippen LogP contribution is -2.48. The summed E-state index contributed by atoms with van der Waals surface area (Å²) in [6.07, 6.45) is -4.53. The normalized spacial score (nSPS) is 13.1. The molecule has 0 aliphatic rings. The third-order valence-electron chi connectivity index (χ3n) is 4.78. The lowest BCUT2D eigenvalue weighted by Gasteiger charge is -2.29. The van der Waals surface area contributed by atoms with E-state index in [1.807, 2.05) is 0 Å². The molecule has 0 unspecified atom stereocenters. The summed E-state index contributed by atoms with van der Waals surface area (Å²) in [4.78, 5) is 49.7. The van der Waals surface area contributed by atoms with E-state index in [-0.39, 0.29) is 23.0 Å². The van der Waals surface area contributed by atoms with Gasteiger partial charge in [-0.05, 0) is 36.4 Å². The quantitative estimate of drug-likeness (QED) is 0.278. The Morgan fingerprint density at radius 1 is 0.647 bits per heavy atom. The Hall–Kier alpha value is -4.30. The summed E-state index contributed by atoms with van der Waals surface area (Å²) in [5, 5.41) is 9.95. The van der Waals surface area contributed by atoms with E-state index in [1.54, 1.807) is 54.6 Å². The SMILES string of the molecule is O=C[C@H](OC(=O)c1ccccc1)[C@H](OC(=O)c1ccccc1)[C@@H](CO)OC(=O)c1ccccc1. The van der Waals surface area contributed by atoms with Crippen molar-refractivity contribution in [3.8, 4) is 0 Å². The highest BCUT2D eigenvalue weighted by atomic mass is 16.6. The van der Waals surface area contributed by atoms with Crippen molar-refractivity contribution >= 4 is 24.2 Å². The van der Waals surface area contributed by atoms with Crippen molar-refractivity contribution in [2.45, 2.75) is 18.3 Å². The van der Waals surface area contributed by atoms with Gasteiger partial charge in [0.05, 0.1) is 23.3 Å². The minimum Gasteiger partial charge on any atom is -0.452 e. The van der Waals surface area contributed by atoms with Crippen molar-refractivity contribution in [1.82, 2.24) is 0 Å². The van der Waals surface area contributed by atoms with Crippen LogP contribution in [0, 0.1) is 0 Å². The van der Waals surface area contributed by atoms with E-state index in [1.165, 1.54) is 36.4 Å². The van der Waals surface area contributed by atoms with Gasteiger partial charge in [-0.2, -0.15) is 0 Å². The number of hydrogen-bond donors (Lipinski definition) is 1. The summed E-state index contributed by atoms with van der Waals surface area (Å²) in [6, 6.07) is 23.7. The zero-order chi connectivity index (χ0) is 24.3. The second-order valence-corrected chi connectivity index (χ2v) is 7.10. The smallest absolute Gasteiger partial charge is 0.338 e. The molecule has 3 aromatic rings. The molecular weight excluding hydrogens is 440 g/mol. The molecule has 0 aliphatic heterocycles. The highest BCUT2D eigenvalue weighted by molar-refractivity contribution is 5.92. The lowest BCUT2D eigenvalue weighted by atomic mass is 10.1. The molecule has 0 heterocycles. The van der Waals surface area contributed by atoms with E-state index in [2.05, 4.69) is 0 Å². The van der Waals surface area contributed by atoms with E-state index in [9.17, 15) is 24.3 Å². The average molecular weight is 462 g/mol. The number of carbonyl (C=O) groups is 4. The maximum Gasteiger partial charge on any atom is 0.338 e. The van der Waals surface area contributed by atoms with Crippen molar-refractivity contribution in [3.05, 3.63) is 108 Å². The fraction of sp³-hybridized carbons (Fsp3) is 0.154. The number of carbonyl (C=O) groups excluding carboxylic acids is 4. The minimum absolute atomic E-state index is 0.151. The molecule has 0 aromatic heterocycles. The third kappa shape index (κ3) is 6.36. The monoisotopic (exact) mass is 462 g/mol. The first kappa shape index (κ1) is 24.3. The van der Waals surface area contributed by atoms with Gasteiger partial charge >= 0.3 is 17.9 Å². The van der Waals surface area contributed by atoms with Gasteiger partial charge in [-0.3, -0.25) is 4.79 Å². The fourth-order valence-electron chi connectivity index (χ4n) is 3.05. The standard InChI is InChI=1S/C26H22O8/c27-16-21(32-24(29)18-10-4-1-5-11-18)23(34-26(31)20-14-8-3-9-15-20)22(17-28)33-25(30)19-12-6-2-7-13-19/h1-16,21-23,28H,17H2/t21-,22+,23-/m0/s1. The first-order chi connectivity index (χ1) is 16.5. The molecule has 0 saturated heterocycles. The molecule has 0 spiro atoms. The summed E-state index contributed by atoms with van der Waals surface area (Å²) in [7, 11) is 0. The van der Waals surface area contributed by atoms with Gasteiger partial charge in [0.1, 0.15) is 0 Å². The molecule has 0 fully saturated rings. The molecule has 0 bridgehead atoms. The van der Waals surface area contributed by atoms with Crippen molar-refractivity contribution in [2.24, 2.45) is 0 Å². The predicted molar refractivity (Wildman–Crippen MR) is 120 cm³/mol. The van der Waals surface area contributed by atoms with E-state index in [0.717, 1.165) is 0 Å². The number of aliphatic hydroxyl groups is 1. The largest absolute Gasteiger partial charge is 0.452 e. The molecular formula is C26H22O8. The molecule has 0 saturated carbocycles. The molecule has 0 amide bonds. The number of esters is 3. The molecule has 174 valence electrons. The van der Waals surface area contributed by atoms with Crippen molar-refractivity contribution in [1.29, 1.82) is 0 Å². The second kappa shape index (κ2) is 12.1. The van der Waals surface area contributed by atoms with Gasteiger partial charge in [-0.15, -0.1) is 0 Å². The van der Waals surface area contributed by atoms with E-state index < -0.39 is 42.8 Å². The van der Waals surface area contributed by atoms with Gasteiger partial charge in [-0.1, -0.05) is 54.6 Å². The van der Waals surface area contributed by atoms with Crippen molar-refractivity contribution in [3.63, 3.8) is 0 Å². The Morgan fingerprint density at radius 2 is 1.03 bits per heavy atom. The van der Waals surface area contributed by atoms with Crippen LogP contribution in [0.5, 0.6) is 0 Å². The van der Waals surface area contributed by atoms with Crippen LogP contribution in [0.3, 0.4) is 0 Å². The fourth-order valence-corrected chi connectivity index (χ4v) is 3.05. The summed E-state index contributed by atoms with van der Waals surface area (Å²) < 4.78 is 16.0. The lowest BCUT2D eigenvalue weighted by molar-refractivity contribution is -0.131. The zero-order valence-corrected chi connectivity index (χ0v) is 18.0. The van der Waals surface area contributed by atoms with E-state index in [0.29, 0.717) is 0 Å². The van der Waals surface area contributed by atoms with Crippen LogP contribution in [0.1, 0.15) is 31.1 Å². The second-order valence-electron chi connectivity index (χ2n) is 7.10. The molecule has 3 aromatic carbocycles. The number of hydrogen-bond acceptors (Lipinski definition) is 8. The zero-order valence-electron chi connectivity index (χ0n) is 18.0. The molecule has 8 nitrogen and oxygen atoms in total. The van der Waals surface area contributed by atoms with Crippen LogP contribution in [0.4, 0.5) is 0 Å². The maximum absolute atomic E-state index is 12.7. The van der Waals surface area contributed by atoms with Crippen LogP contribution in [0.25, 0.3) is 0 Å². The molecule has 3 rings (SSSR count). The highest BCUT2D eigenvalue weighted by Crippen LogP contribution is 2.18. The predicted octanol–water partition coefficient (Wildman–Crippen LogP) is 2.85. The van der Waals surface area contributed by atoms with E-state index in [4.69, 9.17) is 14.2 Å². The molecule has 34 heavy (non-hydrogen) atoms. The van der Waals surface area contributed by atoms with Crippen molar-refractivity contribution in [2.75, 3.05) is 6.61 Å². The van der Waals surface area contributed by atoms with Gasteiger partial charge in [0.25, 0.3) is 0 Å². The first-order valence-electron chi connectivity index (χ1n) is 10.4. The Bertz CT molecular complexity index is 1100.